The van der Waals surface area contributed by atoms with E-state index in [-0.39, 0.29) is 0 Å². The lowest BCUT2D eigenvalue weighted by Gasteiger charge is -2.19. The van der Waals surface area contributed by atoms with Gasteiger partial charge in [0.2, 0.25) is 0 Å². The molecule has 1 aromatic carbocycles. The maximum atomic E-state index is 4.37. The molecule has 0 aliphatic carbocycles. The molecule has 0 radical (unpaired) electrons. The molecule has 1 heterocycles. The first-order valence-electron chi connectivity index (χ1n) is 7.26. The fourth-order valence-corrected chi connectivity index (χ4v) is 3.23. The number of nitrogens with zero attached hydrogens (tertiary/aromatic N) is 1. The first-order valence-corrected chi connectivity index (χ1v) is 8.07. The SMILES string of the molecule is Cc1cccc(C(CNC(C)C)Cc2cnc(C)s2)c1. The normalized spacial score (nSPS) is 12.8. The first kappa shape index (κ1) is 15.2. The average molecular weight is 288 g/mol. The van der Waals surface area contributed by atoms with Crippen molar-refractivity contribution >= 4 is 11.3 Å². The number of aryl methyl sites for hydroxylation is 2. The smallest absolute Gasteiger partial charge is 0.0896 e. The number of thiazole rings is 1. The van der Waals surface area contributed by atoms with Crippen molar-refractivity contribution in [1.82, 2.24) is 10.3 Å². The Bertz CT molecular complexity index is 545. The van der Waals surface area contributed by atoms with Crippen LogP contribution in [-0.2, 0) is 6.42 Å². The molecule has 1 aromatic heterocycles. The Kier molecular flexibility index (Phi) is 5.32. The predicted octanol–water partition coefficient (Wildman–Crippen LogP) is 4.08. The van der Waals surface area contributed by atoms with Crippen LogP contribution in [0.2, 0.25) is 0 Å². The van der Waals surface area contributed by atoms with E-state index in [0.29, 0.717) is 12.0 Å². The van der Waals surface area contributed by atoms with E-state index in [1.807, 2.05) is 17.5 Å². The first-order chi connectivity index (χ1) is 9.54. The molecular formula is C17H24N2S. The van der Waals surface area contributed by atoms with E-state index in [9.17, 15) is 0 Å². The van der Waals surface area contributed by atoms with Gasteiger partial charge >= 0.3 is 0 Å². The second-order valence-electron chi connectivity index (χ2n) is 5.72. The summed E-state index contributed by atoms with van der Waals surface area (Å²) in [5.74, 6) is 0.511. The van der Waals surface area contributed by atoms with Gasteiger partial charge in [0.05, 0.1) is 5.01 Å². The van der Waals surface area contributed by atoms with E-state index in [0.717, 1.165) is 18.0 Å². The molecule has 0 aliphatic rings. The molecule has 1 N–H and O–H groups in total. The minimum atomic E-state index is 0.511. The summed E-state index contributed by atoms with van der Waals surface area (Å²) < 4.78 is 0. The fourth-order valence-electron chi connectivity index (χ4n) is 2.35. The highest BCUT2D eigenvalue weighted by atomic mass is 32.1. The Labute approximate surface area is 126 Å². The highest BCUT2D eigenvalue weighted by Crippen LogP contribution is 2.24. The Hall–Kier alpha value is -1.19. The van der Waals surface area contributed by atoms with Crippen LogP contribution in [0.4, 0.5) is 0 Å². The lowest BCUT2D eigenvalue weighted by Crippen LogP contribution is -2.28. The Morgan fingerprint density at radius 2 is 2.05 bits per heavy atom. The van der Waals surface area contributed by atoms with Crippen LogP contribution in [0, 0.1) is 13.8 Å². The third-order valence-electron chi connectivity index (χ3n) is 3.40. The highest BCUT2D eigenvalue weighted by molar-refractivity contribution is 7.11. The molecule has 0 saturated carbocycles. The second-order valence-corrected chi connectivity index (χ2v) is 7.04. The predicted molar refractivity (Wildman–Crippen MR) is 87.6 cm³/mol. The van der Waals surface area contributed by atoms with E-state index in [2.05, 4.69) is 62.3 Å². The van der Waals surface area contributed by atoms with E-state index in [1.54, 1.807) is 0 Å². The molecule has 3 heteroatoms. The van der Waals surface area contributed by atoms with Crippen molar-refractivity contribution in [2.75, 3.05) is 6.54 Å². The number of rotatable bonds is 6. The molecule has 108 valence electrons. The largest absolute Gasteiger partial charge is 0.314 e. The topological polar surface area (TPSA) is 24.9 Å². The van der Waals surface area contributed by atoms with Crippen molar-refractivity contribution in [3.63, 3.8) is 0 Å². The van der Waals surface area contributed by atoms with Gasteiger partial charge in [0.25, 0.3) is 0 Å². The number of hydrogen-bond donors (Lipinski definition) is 1. The molecule has 0 spiro atoms. The molecule has 0 aliphatic heterocycles. The van der Waals surface area contributed by atoms with E-state index >= 15 is 0 Å². The van der Waals surface area contributed by atoms with Gasteiger partial charge in [0.15, 0.2) is 0 Å². The summed E-state index contributed by atoms with van der Waals surface area (Å²) in [6.07, 6.45) is 3.09. The van der Waals surface area contributed by atoms with Gasteiger partial charge in [-0.15, -0.1) is 11.3 Å². The highest BCUT2D eigenvalue weighted by Gasteiger charge is 2.14. The molecule has 1 atom stereocenters. The Morgan fingerprint density at radius 1 is 1.25 bits per heavy atom. The van der Waals surface area contributed by atoms with Crippen molar-refractivity contribution in [3.05, 3.63) is 51.5 Å². The van der Waals surface area contributed by atoms with Crippen LogP contribution in [0.25, 0.3) is 0 Å². The van der Waals surface area contributed by atoms with Crippen molar-refractivity contribution in [1.29, 1.82) is 0 Å². The Balaban J connectivity index is 2.15. The van der Waals surface area contributed by atoms with Gasteiger partial charge in [-0.2, -0.15) is 0 Å². The van der Waals surface area contributed by atoms with Gasteiger partial charge in [0, 0.05) is 29.6 Å². The van der Waals surface area contributed by atoms with E-state index in [1.165, 1.54) is 16.0 Å². The van der Waals surface area contributed by atoms with E-state index in [4.69, 9.17) is 0 Å². The zero-order valence-electron chi connectivity index (χ0n) is 12.8. The summed E-state index contributed by atoms with van der Waals surface area (Å²) >= 11 is 1.81. The van der Waals surface area contributed by atoms with Crippen molar-refractivity contribution in [2.45, 2.75) is 46.1 Å². The molecule has 0 amide bonds. The van der Waals surface area contributed by atoms with Gasteiger partial charge in [-0.05, 0) is 25.8 Å². The molecule has 2 nitrogen and oxygen atoms in total. The van der Waals surface area contributed by atoms with Crippen LogP contribution in [0.15, 0.2) is 30.5 Å². The van der Waals surface area contributed by atoms with Crippen LogP contribution in [0.3, 0.4) is 0 Å². The van der Waals surface area contributed by atoms with Gasteiger partial charge < -0.3 is 5.32 Å². The van der Waals surface area contributed by atoms with E-state index < -0.39 is 0 Å². The minimum Gasteiger partial charge on any atom is -0.314 e. The molecule has 0 bridgehead atoms. The summed E-state index contributed by atoms with van der Waals surface area (Å²) in [5, 5.41) is 4.73. The van der Waals surface area contributed by atoms with Gasteiger partial charge in [-0.3, -0.25) is 0 Å². The summed E-state index contributed by atoms with van der Waals surface area (Å²) in [6, 6.07) is 9.39. The van der Waals surface area contributed by atoms with Crippen molar-refractivity contribution in [3.8, 4) is 0 Å². The zero-order chi connectivity index (χ0) is 14.5. The van der Waals surface area contributed by atoms with Gasteiger partial charge in [-0.25, -0.2) is 4.98 Å². The molecule has 0 saturated heterocycles. The van der Waals surface area contributed by atoms with Crippen molar-refractivity contribution in [2.24, 2.45) is 0 Å². The maximum Gasteiger partial charge on any atom is 0.0896 e. The third-order valence-corrected chi connectivity index (χ3v) is 4.34. The van der Waals surface area contributed by atoms with Gasteiger partial charge in [0.1, 0.15) is 0 Å². The van der Waals surface area contributed by atoms with Crippen LogP contribution in [0.5, 0.6) is 0 Å². The molecule has 1 unspecified atom stereocenters. The minimum absolute atomic E-state index is 0.511. The number of nitrogens with one attached hydrogen (secondary N) is 1. The Morgan fingerprint density at radius 3 is 2.65 bits per heavy atom. The number of hydrogen-bond acceptors (Lipinski definition) is 3. The van der Waals surface area contributed by atoms with Crippen molar-refractivity contribution < 1.29 is 0 Å². The maximum absolute atomic E-state index is 4.37. The summed E-state index contributed by atoms with van der Waals surface area (Å²) in [4.78, 5) is 5.75. The summed E-state index contributed by atoms with van der Waals surface area (Å²) in [7, 11) is 0. The number of benzene rings is 1. The second kappa shape index (κ2) is 7.00. The average Bonchev–Trinajstić information content (AvgIpc) is 2.80. The summed E-state index contributed by atoms with van der Waals surface area (Å²) in [5.41, 5.74) is 2.75. The molecule has 2 aromatic rings. The molecule has 20 heavy (non-hydrogen) atoms. The van der Waals surface area contributed by atoms with Crippen LogP contribution >= 0.6 is 11.3 Å². The summed E-state index contributed by atoms with van der Waals surface area (Å²) in [6.45, 7) is 9.64. The van der Waals surface area contributed by atoms with Crippen LogP contribution < -0.4 is 5.32 Å². The van der Waals surface area contributed by atoms with Gasteiger partial charge in [-0.1, -0.05) is 43.7 Å². The quantitative estimate of drug-likeness (QED) is 0.866. The lowest BCUT2D eigenvalue weighted by molar-refractivity contribution is 0.528. The van der Waals surface area contributed by atoms with Crippen LogP contribution in [-0.4, -0.2) is 17.6 Å². The van der Waals surface area contributed by atoms with Crippen LogP contribution in [0.1, 0.15) is 40.8 Å². The molecular weight excluding hydrogens is 264 g/mol. The number of aromatic nitrogens is 1. The zero-order valence-corrected chi connectivity index (χ0v) is 13.6. The monoisotopic (exact) mass is 288 g/mol. The third kappa shape index (κ3) is 4.43. The fraction of sp³-hybridized carbons (Fsp3) is 0.471. The molecule has 0 fully saturated rings. The standard InChI is InChI=1S/C17H24N2S/c1-12(2)18-10-16(9-17-11-19-14(4)20-17)15-7-5-6-13(3)8-15/h5-8,11-12,16,18H,9-10H2,1-4H3. The molecule has 2 rings (SSSR count). The lowest BCUT2D eigenvalue weighted by atomic mass is 9.93.